The highest BCUT2D eigenvalue weighted by Crippen LogP contribution is 2.12. The smallest absolute Gasteiger partial charge is 0.312 e. The first-order chi connectivity index (χ1) is 9.99. The molecule has 112 valence electrons. The molecular weight excluding hydrogens is 278 g/mol. The first kappa shape index (κ1) is 14.4. The Bertz CT molecular complexity index is 733. The molecule has 0 saturated heterocycles. The number of anilines is 1. The van der Waals surface area contributed by atoms with Gasteiger partial charge in [0.15, 0.2) is 0 Å². The summed E-state index contributed by atoms with van der Waals surface area (Å²) in [6, 6.07) is -0.617. The number of hydrogen-bond donors (Lipinski definition) is 6. The van der Waals surface area contributed by atoms with E-state index in [1.165, 1.54) is 6.20 Å². The molecule has 0 saturated carbocycles. The van der Waals surface area contributed by atoms with Crippen LogP contribution in [-0.4, -0.2) is 40.0 Å². The molecule has 0 aliphatic carbocycles. The number of urea groups is 1. The van der Waals surface area contributed by atoms with Gasteiger partial charge in [-0.25, -0.2) is 4.79 Å². The Balaban J connectivity index is 2.03. The molecule has 10 nitrogen and oxygen atoms in total. The minimum Gasteiger partial charge on any atom is -0.369 e. The predicted molar refractivity (Wildman–Crippen MR) is 75.7 cm³/mol. The Morgan fingerprint density at radius 3 is 2.71 bits per heavy atom. The van der Waals surface area contributed by atoms with Crippen molar-refractivity contribution < 1.29 is 9.59 Å². The third-order valence-electron chi connectivity index (χ3n) is 2.74. The van der Waals surface area contributed by atoms with Crippen LogP contribution in [0.3, 0.4) is 0 Å². The fourth-order valence-electron chi connectivity index (χ4n) is 1.83. The summed E-state index contributed by atoms with van der Waals surface area (Å²) in [6.07, 6.45) is 1.90. The van der Waals surface area contributed by atoms with Gasteiger partial charge < -0.3 is 27.1 Å². The molecule has 0 unspecified atom stereocenters. The van der Waals surface area contributed by atoms with Crippen molar-refractivity contribution in [3.63, 3.8) is 0 Å². The maximum absolute atomic E-state index is 12.0. The number of aromatic nitrogens is 3. The number of nitrogens with one attached hydrogen (secondary N) is 4. The van der Waals surface area contributed by atoms with E-state index in [1.807, 2.05) is 0 Å². The average Bonchev–Trinajstić information content (AvgIpc) is 2.81. The summed E-state index contributed by atoms with van der Waals surface area (Å²) in [4.78, 5) is 43.2. The number of carbonyl (C=O) groups is 2. The number of aromatic amines is 2. The van der Waals surface area contributed by atoms with Crippen LogP contribution >= 0.6 is 0 Å². The summed E-state index contributed by atoms with van der Waals surface area (Å²) in [7, 11) is 0. The van der Waals surface area contributed by atoms with Gasteiger partial charge in [0.25, 0.3) is 11.5 Å². The normalized spacial score (nSPS) is 10.5. The van der Waals surface area contributed by atoms with E-state index in [4.69, 9.17) is 11.5 Å². The Hall–Kier alpha value is -3.04. The first-order valence-corrected chi connectivity index (χ1v) is 6.17. The number of rotatable bonds is 5. The van der Waals surface area contributed by atoms with E-state index >= 15 is 0 Å². The van der Waals surface area contributed by atoms with Crippen LogP contribution in [0, 0.1) is 0 Å². The molecule has 0 bridgehead atoms. The molecule has 0 aliphatic rings. The van der Waals surface area contributed by atoms with Gasteiger partial charge in [0.1, 0.15) is 5.65 Å². The fourth-order valence-corrected chi connectivity index (χ4v) is 1.83. The van der Waals surface area contributed by atoms with Crippen molar-refractivity contribution in [1.82, 2.24) is 25.6 Å². The van der Waals surface area contributed by atoms with Crippen molar-refractivity contribution >= 4 is 28.9 Å². The molecule has 0 aromatic carbocycles. The number of fused-ring (bicyclic) bond motifs is 1. The second-order valence-corrected chi connectivity index (χ2v) is 4.28. The summed E-state index contributed by atoms with van der Waals surface area (Å²) >= 11 is 0. The molecule has 0 atom stereocenters. The Morgan fingerprint density at radius 2 is 2.00 bits per heavy atom. The van der Waals surface area contributed by atoms with Crippen LogP contribution in [0.1, 0.15) is 16.8 Å². The molecular formula is C11H15N7O3. The lowest BCUT2D eigenvalue weighted by molar-refractivity contribution is 0.0955. The van der Waals surface area contributed by atoms with Gasteiger partial charge in [-0.2, -0.15) is 4.98 Å². The van der Waals surface area contributed by atoms with Gasteiger partial charge in [0.05, 0.1) is 10.9 Å². The summed E-state index contributed by atoms with van der Waals surface area (Å²) < 4.78 is 0. The van der Waals surface area contributed by atoms with Crippen molar-refractivity contribution in [1.29, 1.82) is 0 Å². The van der Waals surface area contributed by atoms with Gasteiger partial charge in [-0.15, -0.1) is 0 Å². The molecule has 8 N–H and O–H groups in total. The highest BCUT2D eigenvalue weighted by atomic mass is 16.2. The van der Waals surface area contributed by atoms with E-state index < -0.39 is 17.5 Å². The van der Waals surface area contributed by atoms with E-state index in [0.717, 1.165) is 0 Å². The summed E-state index contributed by atoms with van der Waals surface area (Å²) in [5, 5.41) is 5.18. The van der Waals surface area contributed by atoms with Crippen molar-refractivity contribution in [2.75, 3.05) is 18.8 Å². The SMILES string of the molecule is NC(=O)NCCCNC(=O)c1c[nH]c2nc(N)[nH]c(=O)c12. The van der Waals surface area contributed by atoms with Crippen LogP contribution in [0.4, 0.5) is 10.7 Å². The highest BCUT2D eigenvalue weighted by molar-refractivity contribution is 6.05. The summed E-state index contributed by atoms with van der Waals surface area (Å²) in [5.41, 5.74) is 10.3. The maximum Gasteiger partial charge on any atom is 0.312 e. The summed E-state index contributed by atoms with van der Waals surface area (Å²) in [6.45, 7) is 0.675. The molecule has 2 aromatic rings. The number of amides is 3. The van der Waals surface area contributed by atoms with Crippen LogP contribution < -0.4 is 27.7 Å². The second kappa shape index (κ2) is 5.94. The second-order valence-electron chi connectivity index (χ2n) is 4.28. The van der Waals surface area contributed by atoms with Crippen LogP contribution in [0.5, 0.6) is 0 Å². The van der Waals surface area contributed by atoms with Crippen molar-refractivity contribution in [3.05, 3.63) is 22.1 Å². The Kier molecular flexibility index (Phi) is 4.07. The van der Waals surface area contributed by atoms with Gasteiger partial charge in [-0.3, -0.25) is 14.6 Å². The molecule has 0 fully saturated rings. The topological polar surface area (TPSA) is 172 Å². The number of primary amides is 1. The van der Waals surface area contributed by atoms with Crippen molar-refractivity contribution in [2.24, 2.45) is 5.73 Å². The van der Waals surface area contributed by atoms with Crippen LogP contribution in [-0.2, 0) is 0 Å². The van der Waals surface area contributed by atoms with Crippen molar-refractivity contribution in [2.45, 2.75) is 6.42 Å². The third-order valence-corrected chi connectivity index (χ3v) is 2.74. The van der Waals surface area contributed by atoms with E-state index in [1.54, 1.807) is 0 Å². The fraction of sp³-hybridized carbons (Fsp3) is 0.273. The standard InChI is InChI=1S/C11H15N7O3/c12-10-17-7-6(9(20)18-10)5(4-16-7)8(19)14-2-1-3-15-11(13)21/h4H,1-3H2,(H,14,19)(H3,13,15,21)(H4,12,16,17,18,20). The molecule has 0 radical (unpaired) electrons. The molecule has 0 spiro atoms. The number of H-pyrrole nitrogens is 2. The molecule has 2 rings (SSSR count). The number of hydrogen-bond acceptors (Lipinski definition) is 5. The molecule has 2 aromatic heterocycles. The van der Waals surface area contributed by atoms with Crippen LogP contribution in [0.25, 0.3) is 11.0 Å². The minimum atomic E-state index is -0.617. The first-order valence-electron chi connectivity index (χ1n) is 6.17. The number of nitrogens with two attached hydrogens (primary N) is 2. The quantitative estimate of drug-likeness (QED) is 0.372. The highest BCUT2D eigenvalue weighted by Gasteiger charge is 2.15. The zero-order valence-corrected chi connectivity index (χ0v) is 11.0. The van der Waals surface area contributed by atoms with Gasteiger partial charge in [-0.05, 0) is 6.42 Å². The molecule has 10 heteroatoms. The lowest BCUT2D eigenvalue weighted by Crippen LogP contribution is -2.33. The van der Waals surface area contributed by atoms with E-state index in [2.05, 4.69) is 25.6 Å². The minimum absolute atomic E-state index is 0.0289. The van der Waals surface area contributed by atoms with Crippen LogP contribution in [0.2, 0.25) is 0 Å². The molecule has 0 aliphatic heterocycles. The maximum atomic E-state index is 12.0. The molecule has 2 heterocycles. The number of nitrogen functional groups attached to an aromatic ring is 1. The summed E-state index contributed by atoms with van der Waals surface area (Å²) in [5.74, 6) is -0.448. The van der Waals surface area contributed by atoms with Gasteiger partial charge in [0.2, 0.25) is 5.95 Å². The predicted octanol–water partition coefficient (Wildman–Crippen LogP) is -1.38. The number of nitrogens with zero attached hydrogens (tertiary/aromatic N) is 1. The lowest BCUT2D eigenvalue weighted by atomic mass is 10.2. The zero-order valence-electron chi connectivity index (χ0n) is 11.0. The molecule has 21 heavy (non-hydrogen) atoms. The van der Waals surface area contributed by atoms with Gasteiger partial charge >= 0.3 is 6.03 Å². The van der Waals surface area contributed by atoms with Gasteiger partial charge in [-0.1, -0.05) is 0 Å². The van der Waals surface area contributed by atoms with Crippen molar-refractivity contribution in [3.8, 4) is 0 Å². The van der Waals surface area contributed by atoms with E-state index in [-0.39, 0.29) is 22.5 Å². The van der Waals surface area contributed by atoms with E-state index in [9.17, 15) is 14.4 Å². The Labute approximate surface area is 118 Å². The third kappa shape index (κ3) is 3.29. The molecule has 3 amide bonds. The largest absolute Gasteiger partial charge is 0.369 e. The monoisotopic (exact) mass is 293 g/mol. The number of carbonyl (C=O) groups excluding carboxylic acids is 2. The Morgan fingerprint density at radius 1 is 1.29 bits per heavy atom. The van der Waals surface area contributed by atoms with Gasteiger partial charge in [0, 0.05) is 19.3 Å². The zero-order chi connectivity index (χ0) is 15.4. The van der Waals surface area contributed by atoms with E-state index in [0.29, 0.717) is 19.5 Å². The van der Waals surface area contributed by atoms with Crippen LogP contribution in [0.15, 0.2) is 11.0 Å². The lowest BCUT2D eigenvalue weighted by Gasteiger charge is -2.04. The average molecular weight is 293 g/mol.